The number of sulfonamides is 1. The Bertz CT molecular complexity index is 828. The van der Waals surface area contributed by atoms with Crippen LogP contribution in [0.4, 0.5) is 0 Å². The van der Waals surface area contributed by atoms with Gasteiger partial charge in [0.1, 0.15) is 10.7 Å². The number of benzene rings is 1. The van der Waals surface area contributed by atoms with Crippen molar-refractivity contribution < 1.29 is 17.9 Å². The average Bonchev–Trinajstić information content (AvgIpc) is 2.85. The van der Waals surface area contributed by atoms with E-state index in [-0.39, 0.29) is 16.8 Å². The highest BCUT2D eigenvalue weighted by Crippen LogP contribution is 2.34. The molecule has 0 aromatic heterocycles. The van der Waals surface area contributed by atoms with Crippen LogP contribution in [0.25, 0.3) is 4.91 Å². The van der Waals surface area contributed by atoms with Crippen molar-refractivity contribution in [3.8, 4) is 0 Å². The van der Waals surface area contributed by atoms with E-state index in [0.717, 1.165) is 12.8 Å². The topological polar surface area (TPSA) is 76.0 Å². The second kappa shape index (κ2) is 7.00. The molecule has 2 heterocycles. The number of rotatable bonds is 3. The van der Waals surface area contributed by atoms with Gasteiger partial charge in [-0.05, 0) is 32.3 Å². The molecule has 0 amide bonds. The number of hydrogen-bond acceptors (Lipinski definition) is 5. The van der Waals surface area contributed by atoms with Crippen molar-refractivity contribution in [2.45, 2.75) is 26.7 Å². The first-order chi connectivity index (χ1) is 11.9. The molecule has 2 aliphatic heterocycles. The summed E-state index contributed by atoms with van der Waals surface area (Å²) < 4.78 is 34.3. The predicted molar refractivity (Wildman–Crippen MR) is 96.3 cm³/mol. The second-order valence-electron chi connectivity index (χ2n) is 6.25. The van der Waals surface area contributed by atoms with Crippen LogP contribution in [0.3, 0.4) is 0 Å². The highest BCUT2D eigenvalue weighted by molar-refractivity contribution is 8.00. The molecule has 0 N–H and O–H groups in total. The first-order valence-electron chi connectivity index (χ1n) is 8.47. The van der Waals surface area contributed by atoms with Gasteiger partial charge >= 0.3 is 5.97 Å². The normalized spacial score (nSPS) is 22.7. The van der Waals surface area contributed by atoms with E-state index in [9.17, 15) is 13.2 Å². The Morgan fingerprint density at radius 1 is 1.32 bits per heavy atom. The van der Waals surface area contributed by atoms with Crippen LogP contribution in [-0.4, -0.2) is 44.8 Å². The van der Waals surface area contributed by atoms with Crippen LogP contribution in [0, 0.1) is 5.92 Å². The SMILES string of the molecule is CCOC(=O)[C@@H]1CCCN(C2=NS(=O)(=O)C(c3ccccc3)=C2C)C1. The van der Waals surface area contributed by atoms with E-state index < -0.39 is 10.0 Å². The van der Waals surface area contributed by atoms with Gasteiger partial charge in [0.2, 0.25) is 0 Å². The fraction of sp³-hybridized carbons (Fsp3) is 0.444. The van der Waals surface area contributed by atoms with Crippen molar-refractivity contribution >= 4 is 26.7 Å². The van der Waals surface area contributed by atoms with Crippen molar-refractivity contribution in [3.05, 3.63) is 41.5 Å². The van der Waals surface area contributed by atoms with Crippen LogP contribution < -0.4 is 0 Å². The first-order valence-corrected chi connectivity index (χ1v) is 9.91. The van der Waals surface area contributed by atoms with Gasteiger partial charge in [0.05, 0.1) is 12.5 Å². The summed E-state index contributed by atoms with van der Waals surface area (Å²) in [6.07, 6.45) is 1.56. The lowest BCUT2D eigenvalue weighted by molar-refractivity contribution is -0.149. The van der Waals surface area contributed by atoms with Gasteiger partial charge in [0.25, 0.3) is 10.0 Å². The van der Waals surface area contributed by atoms with Crippen LogP contribution in [-0.2, 0) is 19.6 Å². The summed E-state index contributed by atoms with van der Waals surface area (Å²) >= 11 is 0. The first kappa shape index (κ1) is 17.7. The fourth-order valence-corrected chi connectivity index (χ4v) is 4.88. The van der Waals surface area contributed by atoms with Gasteiger partial charge in [-0.25, -0.2) is 0 Å². The van der Waals surface area contributed by atoms with Crippen LogP contribution in [0.2, 0.25) is 0 Å². The Hall–Kier alpha value is -2.15. The van der Waals surface area contributed by atoms with Crippen molar-refractivity contribution in [1.82, 2.24) is 4.90 Å². The van der Waals surface area contributed by atoms with Gasteiger partial charge in [-0.15, -0.1) is 4.40 Å². The molecule has 0 saturated carbocycles. The maximum Gasteiger partial charge on any atom is 0.310 e. The number of likely N-dealkylation sites (tertiary alicyclic amines) is 1. The fourth-order valence-electron chi connectivity index (χ4n) is 3.39. The summed E-state index contributed by atoms with van der Waals surface area (Å²) in [4.78, 5) is 14.2. The third-order valence-corrected chi connectivity index (χ3v) is 5.99. The number of carbonyl (C=O) groups excluding carboxylic acids is 1. The molecule has 25 heavy (non-hydrogen) atoms. The number of carbonyl (C=O) groups is 1. The Kier molecular flexibility index (Phi) is 4.94. The van der Waals surface area contributed by atoms with Gasteiger partial charge in [-0.3, -0.25) is 4.79 Å². The molecule has 0 unspecified atom stereocenters. The molecular formula is C18H22N2O4S. The third-order valence-electron chi connectivity index (χ3n) is 4.52. The van der Waals surface area contributed by atoms with E-state index in [1.54, 1.807) is 38.1 Å². The smallest absolute Gasteiger partial charge is 0.310 e. The molecular weight excluding hydrogens is 340 g/mol. The van der Waals surface area contributed by atoms with Gasteiger partial charge < -0.3 is 9.64 Å². The molecule has 7 heteroatoms. The summed E-state index contributed by atoms with van der Waals surface area (Å²) in [6.45, 7) is 5.03. The number of ether oxygens (including phenoxy) is 1. The minimum Gasteiger partial charge on any atom is -0.466 e. The number of amidine groups is 1. The van der Waals surface area contributed by atoms with Crippen molar-refractivity contribution in [2.75, 3.05) is 19.7 Å². The highest BCUT2D eigenvalue weighted by Gasteiger charge is 2.36. The molecule has 0 aliphatic carbocycles. The van der Waals surface area contributed by atoms with Crippen molar-refractivity contribution in [2.24, 2.45) is 10.3 Å². The molecule has 1 aromatic carbocycles. The summed E-state index contributed by atoms with van der Waals surface area (Å²) in [5.74, 6) is -0.0147. The largest absolute Gasteiger partial charge is 0.466 e. The predicted octanol–water partition coefficient (Wildman–Crippen LogP) is 2.43. The molecule has 0 spiro atoms. The van der Waals surface area contributed by atoms with Gasteiger partial charge in [-0.2, -0.15) is 8.42 Å². The van der Waals surface area contributed by atoms with E-state index in [4.69, 9.17) is 4.74 Å². The summed E-state index contributed by atoms with van der Waals surface area (Å²) in [5, 5.41) is 0. The van der Waals surface area contributed by atoms with E-state index in [2.05, 4.69) is 4.40 Å². The van der Waals surface area contributed by atoms with Crippen LogP contribution in [0.1, 0.15) is 32.3 Å². The molecule has 1 fully saturated rings. The lowest BCUT2D eigenvalue weighted by Gasteiger charge is -2.33. The monoisotopic (exact) mass is 362 g/mol. The molecule has 3 rings (SSSR count). The van der Waals surface area contributed by atoms with Gasteiger partial charge in [0.15, 0.2) is 0 Å². The summed E-state index contributed by atoms with van der Waals surface area (Å²) in [7, 11) is -3.73. The number of piperidine rings is 1. The lowest BCUT2D eigenvalue weighted by Crippen LogP contribution is -2.42. The maximum absolute atomic E-state index is 12.6. The summed E-state index contributed by atoms with van der Waals surface area (Å²) in [5.41, 5.74) is 1.27. The van der Waals surface area contributed by atoms with E-state index in [1.807, 2.05) is 11.0 Å². The Morgan fingerprint density at radius 2 is 2.04 bits per heavy atom. The number of esters is 1. The lowest BCUT2D eigenvalue weighted by atomic mass is 9.97. The van der Waals surface area contributed by atoms with E-state index in [0.29, 0.717) is 36.7 Å². The molecule has 1 atom stereocenters. The minimum atomic E-state index is -3.73. The van der Waals surface area contributed by atoms with E-state index >= 15 is 0 Å². The molecule has 6 nitrogen and oxygen atoms in total. The highest BCUT2D eigenvalue weighted by atomic mass is 32.2. The van der Waals surface area contributed by atoms with Crippen molar-refractivity contribution in [1.29, 1.82) is 0 Å². The zero-order chi connectivity index (χ0) is 18.0. The van der Waals surface area contributed by atoms with E-state index in [1.165, 1.54) is 0 Å². The van der Waals surface area contributed by atoms with Crippen molar-refractivity contribution in [3.63, 3.8) is 0 Å². The third kappa shape index (κ3) is 3.46. The molecule has 0 radical (unpaired) electrons. The Morgan fingerprint density at radius 3 is 2.72 bits per heavy atom. The Balaban J connectivity index is 1.90. The number of hydrogen-bond donors (Lipinski definition) is 0. The van der Waals surface area contributed by atoms with Crippen LogP contribution in [0.5, 0.6) is 0 Å². The van der Waals surface area contributed by atoms with Gasteiger partial charge in [-0.1, -0.05) is 30.3 Å². The molecule has 1 aromatic rings. The van der Waals surface area contributed by atoms with Crippen LogP contribution >= 0.6 is 0 Å². The molecule has 0 bridgehead atoms. The average molecular weight is 362 g/mol. The quantitative estimate of drug-likeness (QED) is 0.772. The summed E-state index contributed by atoms with van der Waals surface area (Å²) in [6, 6.07) is 9.00. The molecule has 1 saturated heterocycles. The molecule has 134 valence electrons. The van der Waals surface area contributed by atoms with Gasteiger partial charge in [0, 0.05) is 18.7 Å². The Labute approximate surface area is 148 Å². The van der Waals surface area contributed by atoms with Crippen LogP contribution in [0.15, 0.2) is 40.3 Å². The second-order valence-corrected chi connectivity index (χ2v) is 7.79. The maximum atomic E-state index is 12.6. The molecule has 2 aliphatic rings. The zero-order valence-electron chi connectivity index (χ0n) is 14.4. The number of nitrogens with zero attached hydrogens (tertiary/aromatic N) is 2. The minimum absolute atomic E-state index is 0.224. The zero-order valence-corrected chi connectivity index (χ0v) is 15.3. The standard InChI is InChI=1S/C18H22N2O4S/c1-3-24-18(21)15-10-7-11-20(12-15)17-13(2)16(25(22,23)19-17)14-8-5-4-6-9-14/h4-6,8-9,15H,3,7,10-12H2,1-2H3/t15-/m1/s1.